The van der Waals surface area contributed by atoms with Crippen molar-refractivity contribution in [1.29, 1.82) is 0 Å². The summed E-state index contributed by atoms with van der Waals surface area (Å²) in [6.07, 6.45) is 0. The van der Waals surface area contributed by atoms with Gasteiger partial charge in [0.25, 0.3) is 0 Å². The second kappa shape index (κ2) is 4.73. The molecule has 1 aromatic heterocycles. The summed E-state index contributed by atoms with van der Waals surface area (Å²) < 4.78 is 15.3. The number of nitrogens with two attached hydrogens (primary N) is 1. The van der Waals surface area contributed by atoms with Gasteiger partial charge in [-0.1, -0.05) is 18.2 Å². The molecule has 0 atom stereocenters. The molecular weight excluding hydrogens is 257 g/mol. The Morgan fingerprint density at radius 1 is 1.15 bits per heavy atom. The van der Waals surface area contributed by atoms with E-state index in [1.807, 2.05) is 13.0 Å². The van der Waals surface area contributed by atoms with Crippen LogP contribution in [0.25, 0.3) is 17.1 Å². The van der Waals surface area contributed by atoms with E-state index in [1.165, 1.54) is 10.7 Å². The highest BCUT2D eigenvalue weighted by Crippen LogP contribution is 2.25. The fraction of sp³-hybridized carbons (Fsp3) is 0.0714. The Bertz CT molecular complexity index is 766. The average Bonchev–Trinajstić information content (AvgIpc) is 2.91. The normalized spacial score (nSPS) is 10.7. The van der Waals surface area contributed by atoms with Crippen LogP contribution < -0.4 is 5.73 Å². The minimum Gasteiger partial charge on any atom is -0.399 e. The van der Waals surface area contributed by atoms with Crippen molar-refractivity contribution in [3.63, 3.8) is 0 Å². The number of para-hydroxylation sites is 1. The summed E-state index contributed by atoms with van der Waals surface area (Å²) in [4.78, 5) is 0. The number of halogens is 1. The first-order valence-corrected chi connectivity index (χ1v) is 6.06. The minimum absolute atomic E-state index is 0.300. The van der Waals surface area contributed by atoms with Crippen LogP contribution in [0.1, 0.15) is 5.56 Å². The van der Waals surface area contributed by atoms with Gasteiger partial charge in [0.1, 0.15) is 11.5 Å². The summed E-state index contributed by atoms with van der Waals surface area (Å²) in [5.41, 5.74) is 8.45. The maximum Gasteiger partial charge on any atom is 0.187 e. The molecule has 2 aromatic carbocycles. The largest absolute Gasteiger partial charge is 0.399 e. The SMILES string of the molecule is Cc1ccc(N)cc1-c1nnnn1-c1ccccc1F. The highest BCUT2D eigenvalue weighted by Gasteiger charge is 2.15. The van der Waals surface area contributed by atoms with Gasteiger partial charge in [-0.15, -0.1) is 5.10 Å². The van der Waals surface area contributed by atoms with Crippen LogP contribution in [0, 0.1) is 12.7 Å². The minimum atomic E-state index is -0.386. The molecule has 2 N–H and O–H groups in total. The molecule has 0 saturated carbocycles. The zero-order valence-electron chi connectivity index (χ0n) is 10.8. The quantitative estimate of drug-likeness (QED) is 0.725. The molecule has 0 aliphatic heterocycles. The lowest BCUT2D eigenvalue weighted by molar-refractivity contribution is 0.608. The first-order valence-electron chi connectivity index (χ1n) is 6.06. The topological polar surface area (TPSA) is 69.6 Å². The van der Waals surface area contributed by atoms with Crippen molar-refractivity contribution in [2.24, 2.45) is 0 Å². The van der Waals surface area contributed by atoms with Gasteiger partial charge in [-0.3, -0.25) is 0 Å². The zero-order valence-corrected chi connectivity index (χ0v) is 10.8. The number of hydrogen-bond donors (Lipinski definition) is 1. The van der Waals surface area contributed by atoms with Crippen molar-refractivity contribution in [2.75, 3.05) is 5.73 Å². The second-order valence-electron chi connectivity index (χ2n) is 4.44. The van der Waals surface area contributed by atoms with Gasteiger partial charge in [0.15, 0.2) is 5.82 Å². The number of nitrogens with zero attached hydrogens (tertiary/aromatic N) is 4. The monoisotopic (exact) mass is 269 g/mol. The predicted molar refractivity (Wildman–Crippen MR) is 73.7 cm³/mol. The molecule has 3 rings (SSSR count). The van der Waals surface area contributed by atoms with Crippen LogP contribution in [0.5, 0.6) is 0 Å². The third-order valence-corrected chi connectivity index (χ3v) is 3.05. The molecule has 0 radical (unpaired) electrons. The molecule has 0 aliphatic carbocycles. The lowest BCUT2D eigenvalue weighted by Gasteiger charge is -2.08. The van der Waals surface area contributed by atoms with E-state index in [-0.39, 0.29) is 5.82 Å². The summed E-state index contributed by atoms with van der Waals surface area (Å²) in [5.74, 6) is 0.0718. The zero-order chi connectivity index (χ0) is 14.1. The maximum atomic E-state index is 13.9. The van der Waals surface area contributed by atoms with E-state index in [2.05, 4.69) is 15.5 Å². The molecule has 0 saturated heterocycles. The Balaban J connectivity index is 2.21. The highest BCUT2D eigenvalue weighted by atomic mass is 19.1. The van der Waals surface area contributed by atoms with Crippen LogP contribution in [0.4, 0.5) is 10.1 Å². The van der Waals surface area contributed by atoms with Crippen LogP contribution in [-0.4, -0.2) is 20.2 Å². The number of benzene rings is 2. The van der Waals surface area contributed by atoms with Crippen LogP contribution in [0.2, 0.25) is 0 Å². The first-order chi connectivity index (χ1) is 9.66. The number of nitrogen functional groups attached to an aromatic ring is 1. The predicted octanol–water partition coefficient (Wildman–Crippen LogP) is 2.36. The maximum absolute atomic E-state index is 13.9. The van der Waals surface area contributed by atoms with Crippen LogP contribution >= 0.6 is 0 Å². The van der Waals surface area contributed by atoms with Gasteiger partial charge in [-0.05, 0) is 47.2 Å². The Hall–Kier alpha value is -2.76. The number of tetrazole rings is 1. The molecule has 0 aliphatic rings. The molecule has 0 fully saturated rings. The number of aryl methyl sites for hydroxylation is 1. The van der Waals surface area contributed by atoms with E-state index in [4.69, 9.17) is 5.73 Å². The number of aromatic nitrogens is 4. The molecule has 1 heterocycles. The number of hydrogen-bond acceptors (Lipinski definition) is 4. The van der Waals surface area contributed by atoms with E-state index >= 15 is 0 Å². The van der Waals surface area contributed by atoms with Crippen molar-refractivity contribution in [1.82, 2.24) is 20.2 Å². The fourth-order valence-electron chi connectivity index (χ4n) is 2.02. The summed E-state index contributed by atoms with van der Waals surface area (Å²) in [5, 5.41) is 11.5. The van der Waals surface area contributed by atoms with Gasteiger partial charge in [-0.25, -0.2) is 4.39 Å². The van der Waals surface area contributed by atoms with Crippen LogP contribution in [0.3, 0.4) is 0 Å². The summed E-state index contributed by atoms with van der Waals surface area (Å²) >= 11 is 0. The summed E-state index contributed by atoms with van der Waals surface area (Å²) in [6.45, 7) is 1.93. The Morgan fingerprint density at radius 2 is 1.95 bits per heavy atom. The van der Waals surface area contributed by atoms with Crippen LogP contribution in [-0.2, 0) is 0 Å². The third kappa shape index (κ3) is 2.01. The van der Waals surface area contributed by atoms with E-state index in [0.717, 1.165) is 11.1 Å². The van der Waals surface area contributed by atoms with Gasteiger partial charge in [0.2, 0.25) is 0 Å². The second-order valence-corrected chi connectivity index (χ2v) is 4.44. The van der Waals surface area contributed by atoms with Gasteiger partial charge in [-0.2, -0.15) is 4.68 Å². The van der Waals surface area contributed by atoms with Crippen molar-refractivity contribution in [3.05, 3.63) is 53.8 Å². The molecule has 0 spiro atoms. The lowest BCUT2D eigenvalue weighted by atomic mass is 10.1. The van der Waals surface area contributed by atoms with Crippen molar-refractivity contribution in [2.45, 2.75) is 6.92 Å². The Morgan fingerprint density at radius 3 is 2.75 bits per heavy atom. The molecule has 6 heteroatoms. The summed E-state index contributed by atoms with van der Waals surface area (Å²) in [7, 11) is 0. The van der Waals surface area contributed by atoms with Gasteiger partial charge < -0.3 is 5.73 Å². The fourth-order valence-corrected chi connectivity index (χ4v) is 2.02. The molecular formula is C14H12FN5. The highest BCUT2D eigenvalue weighted by molar-refractivity contribution is 5.66. The van der Waals surface area contributed by atoms with Crippen molar-refractivity contribution >= 4 is 5.69 Å². The summed E-state index contributed by atoms with van der Waals surface area (Å²) in [6, 6.07) is 11.8. The van der Waals surface area contributed by atoms with E-state index < -0.39 is 0 Å². The van der Waals surface area contributed by atoms with E-state index in [1.54, 1.807) is 30.3 Å². The molecule has 5 nitrogen and oxygen atoms in total. The smallest absolute Gasteiger partial charge is 0.187 e. The molecule has 0 unspecified atom stereocenters. The lowest BCUT2D eigenvalue weighted by Crippen LogP contribution is -2.03. The molecule has 100 valence electrons. The van der Waals surface area contributed by atoms with E-state index in [0.29, 0.717) is 17.2 Å². The first kappa shape index (κ1) is 12.3. The van der Waals surface area contributed by atoms with Gasteiger partial charge in [0.05, 0.1) is 0 Å². The molecule has 0 bridgehead atoms. The average molecular weight is 269 g/mol. The Kier molecular flexibility index (Phi) is 2.90. The molecule has 3 aromatic rings. The number of rotatable bonds is 2. The third-order valence-electron chi connectivity index (χ3n) is 3.05. The molecule has 20 heavy (non-hydrogen) atoms. The van der Waals surface area contributed by atoms with Gasteiger partial charge >= 0.3 is 0 Å². The van der Waals surface area contributed by atoms with Crippen molar-refractivity contribution < 1.29 is 4.39 Å². The van der Waals surface area contributed by atoms with Crippen LogP contribution in [0.15, 0.2) is 42.5 Å². The Labute approximate surface area is 114 Å². The van der Waals surface area contributed by atoms with Crippen molar-refractivity contribution in [3.8, 4) is 17.1 Å². The number of anilines is 1. The standard InChI is InChI=1S/C14H12FN5/c1-9-6-7-10(16)8-11(9)14-17-18-19-20(14)13-5-3-2-4-12(13)15/h2-8H,16H2,1H3. The van der Waals surface area contributed by atoms with E-state index in [9.17, 15) is 4.39 Å². The molecule has 0 amide bonds. The van der Waals surface area contributed by atoms with Gasteiger partial charge in [0, 0.05) is 11.3 Å².